The van der Waals surface area contributed by atoms with Crippen molar-refractivity contribution in [2.24, 2.45) is 4.99 Å². The molecular weight excluding hydrogens is 164 g/mol. The Bertz CT molecular complexity index is 308. The van der Waals surface area contributed by atoms with Crippen LogP contribution < -0.4 is 0 Å². The molecule has 0 bridgehead atoms. The summed E-state index contributed by atoms with van der Waals surface area (Å²) in [6.45, 7) is 1.11. The Kier molecular flexibility index (Phi) is 2.00. The molecule has 68 valence electrons. The van der Waals surface area contributed by atoms with Gasteiger partial charge in [-0.25, -0.2) is 4.99 Å². The van der Waals surface area contributed by atoms with Gasteiger partial charge in [-0.15, -0.1) is 0 Å². The van der Waals surface area contributed by atoms with Gasteiger partial charge in [0.05, 0.1) is 0 Å². The molecule has 1 saturated heterocycles. The van der Waals surface area contributed by atoms with Crippen molar-refractivity contribution in [1.29, 1.82) is 0 Å². The van der Waals surface area contributed by atoms with E-state index >= 15 is 0 Å². The largest absolute Gasteiger partial charge is 0.377 e. The van der Waals surface area contributed by atoms with Gasteiger partial charge in [0.2, 0.25) is 0 Å². The molecule has 0 aliphatic carbocycles. The van der Waals surface area contributed by atoms with E-state index in [4.69, 9.17) is 0 Å². The van der Waals surface area contributed by atoms with Gasteiger partial charge < -0.3 is 4.90 Å². The summed E-state index contributed by atoms with van der Waals surface area (Å²) in [4.78, 5) is 16.8. The predicted molar refractivity (Wildman–Crippen MR) is 51.5 cm³/mol. The highest BCUT2D eigenvalue weighted by Gasteiger charge is 2.16. The average molecular weight is 176 g/mol. The van der Waals surface area contributed by atoms with Gasteiger partial charge in [-0.1, -0.05) is 0 Å². The number of dihydropyridines is 1. The van der Waals surface area contributed by atoms with Gasteiger partial charge in [-0.05, 0) is 18.9 Å². The van der Waals surface area contributed by atoms with Gasteiger partial charge in [-0.3, -0.25) is 4.79 Å². The van der Waals surface area contributed by atoms with E-state index in [1.54, 1.807) is 6.21 Å². The third-order valence-electron chi connectivity index (χ3n) is 2.44. The van der Waals surface area contributed by atoms with Gasteiger partial charge >= 0.3 is 0 Å². The summed E-state index contributed by atoms with van der Waals surface area (Å²) < 4.78 is 0. The second-order valence-electron chi connectivity index (χ2n) is 3.36. The Morgan fingerprint density at radius 3 is 2.85 bits per heavy atom. The van der Waals surface area contributed by atoms with E-state index in [9.17, 15) is 4.79 Å². The van der Waals surface area contributed by atoms with Gasteiger partial charge in [0.15, 0.2) is 0 Å². The van der Waals surface area contributed by atoms with Crippen LogP contribution in [0.5, 0.6) is 0 Å². The standard InChI is InChI=1S/C10H12N2O/c1-12-6-2-3-9(12)8-4-5-10(13)11-7-8/h4-5,7H,2-3,6H2,1H3/b9-8+. The zero-order valence-electron chi connectivity index (χ0n) is 7.66. The topological polar surface area (TPSA) is 32.7 Å². The first kappa shape index (κ1) is 8.23. The van der Waals surface area contributed by atoms with Crippen molar-refractivity contribution in [2.75, 3.05) is 13.6 Å². The van der Waals surface area contributed by atoms with Crippen LogP contribution in [0.25, 0.3) is 0 Å². The minimum absolute atomic E-state index is 0.162. The number of hydrogen-bond acceptors (Lipinski definition) is 2. The molecule has 2 rings (SSSR count). The first-order valence-corrected chi connectivity index (χ1v) is 4.48. The normalized spacial score (nSPS) is 27.5. The van der Waals surface area contributed by atoms with E-state index in [0.717, 1.165) is 18.5 Å². The third kappa shape index (κ3) is 1.54. The molecule has 3 nitrogen and oxygen atoms in total. The Morgan fingerprint density at radius 1 is 1.46 bits per heavy atom. The monoisotopic (exact) mass is 176 g/mol. The van der Waals surface area contributed by atoms with Crippen molar-refractivity contribution in [2.45, 2.75) is 12.8 Å². The van der Waals surface area contributed by atoms with E-state index in [-0.39, 0.29) is 5.91 Å². The molecule has 0 unspecified atom stereocenters. The molecule has 0 spiro atoms. The first-order chi connectivity index (χ1) is 6.27. The highest BCUT2D eigenvalue weighted by atomic mass is 16.1. The number of likely N-dealkylation sites (tertiary alicyclic amines) is 1. The average Bonchev–Trinajstić information content (AvgIpc) is 2.53. The van der Waals surface area contributed by atoms with Gasteiger partial charge in [-0.2, -0.15) is 0 Å². The molecule has 0 N–H and O–H groups in total. The fraction of sp³-hybridized carbons (Fsp3) is 0.400. The molecule has 0 aromatic heterocycles. The highest BCUT2D eigenvalue weighted by Crippen LogP contribution is 2.23. The smallest absolute Gasteiger partial charge is 0.269 e. The molecule has 13 heavy (non-hydrogen) atoms. The zero-order valence-corrected chi connectivity index (χ0v) is 7.66. The molecule has 1 fully saturated rings. The summed E-state index contributed by atoms with van der Waals surface area (Å²) in [5.41, 5.74) is 2.38. The lowest BCUT2D eigenvalue weighted by Gasteiger charge is -2.15. The molecule has 0 aromatic rings. The van der Waals surface area contributed by atoms with Crippen molar-refractivity contribution in [3.8, 4) is 0 Å². The first-order valence-electron chi connectivity index (χ1n) is 4.48. The molecule has 3 heteroatoms. The van der Waals surface area contributed by atoms with Crippen molar-refractivity contribution in [3.05, 3.63) is 23.4 Å². The molecule has 0 saturated carbocycles. The Morgan fingerprint density at radius 2 is 2.31 bits per heavy atom. The van der Waals surface area contributed by atoms with E-state index < -0.39 is 0 Å². The van der Waals surface area contributed by atoms with Crippen LogP contribution in [-0.2, 0) is 4.79 Å². The lowest BCUT2D eigenvalue weighted by Crippen LogP contribution is -2.13. The third-order valence-corrected chi connectivity index (χ3v) is 2.44. The maximum atomic E-state index is 10.8. The lowest BCUT2D eigenvalue weighted by molar-refractivity contribution is -0.113. The van der Waals surface area contributed by atoms with Crippen LogP contribution >= 0.6 is 0 Å². The minimum Gasteiger partial charge on any atom is -0.377 e. The van der Waals surface area contributed by atoms with Gasteiger partial charge in [0.25, 0.3) is 5.91 Å². The Balaban J connectivity index is 2.29. The predicted octanol–water partition coefficient (Wildman–Crippen LogP) is 1.13. The quantitative estimate of drug-likeness (QED) is 0.554. The number of carbonyl (C=O) groups is 1. The zero-order chi connectivity index (χ0) is 9.26. The Hall–Kier alpha value is -1.38. The van der Waals surface area contributed by atoms with Gasteiger partial charge in [0, 0.05) is 37.2 Å². The van der Waals surface area contributed by atoms with Crippen molar-refractivity contribution in [3.63, 3.8) is 0 Å². The highest BCUT2D eigenvalue weighted by molar-refractivity contribution is 6.03. The van der Waals surface area contributed by atoms with E-state index in [0.29, 0.717) is 0 Å². The van der Waals surface area contributed by atoms with E-state index in [1.807, 2.05) is 6.08 Å². The summed E-state index contributed by atoms with van der Waals surface area (Å²) in [6.07, 6.45) is 7.34. The summed E-state index contributed by atoms with van der Waals surface area (Å²) in [5, 5.41) is 0. The second-order valence-corrected chi connectivity index (χ2v) is 3.36. The molecule has 0 aromatic carbocycles. The van der Waals surface area contributed by atoms with Crippen LogP contribution in [0.1, 0.15) is 12.8 Å². The van der Waals surface area contributed by atoms with Crippen molar-refractivity contribution in [1.82, 2.24) is 4.90 Å². The maximum absolute atomic E-state index is 10.8. The van der Waals surface area contributed by atoms with Crippen LogP contribution in [0.3, 0.4) is 0 Å². The molecule has 0 radical (unpaired) electrons. The molecule has 1 amide bonds. The van der Waals surface area contributed by atoms with E-state index in [1.165, 1.54) is 18.2 Å². The molecular formula is C10H12N2O. The van der Waals surface area contributed by atoms with Gasteiger partial charge in [0.1, 0.15) is 0 Å². The minimum atomic E-state index is -0.162. The van der Waals surface area contributed by atoms with Crippen LogP contribution in [0.15, 0.2) is 28.4 Å². The summed E-state index contributed by atoms with van der Waals surface area (Å²) in [7, 11) is 2.08. The summed E-state index contributed by atoms with van der Waals surface area (Å²) in [6, 6.07) is 0. The van der Waals surface area contributed by atoms with Crippen molar-refractivity contribution >= 4 is 12.1 Å². The fourth-order valence-electron chi connectivity index (χ4n) is 1.73. The molecule has 0 atom stereocenters. The van der Waals surface area contributed by atoms with Crippen LogP contribution in [-0.4, -0.2) is 30.6 Å². The Labute approximate surface area is 77.4 Å². The number of hydrogen-bond donors (Lipinski definition) is 0. The van der Waals surface area contributed by atoms with E-state index in [2.05, 4.69) is 16.9 Å². The number of allylic oxidation sites excluding steroid dienone is 3. The number of carbonyl (C=O) groups excluding carboxylic acids is 1. The maximum Gasteiger partial charge on any atom is 0.269 e. The number of rotatable bonds is 0. The molecule has 2 heterocycles. The second kappa shape index (κ2) is 3.17. The van der Waals surface area contributed by atoms with Crippen LogP contribution in [0.2, 0.25) is 0 Å². The molecule has 2 aliphatic heterocycles. The fourth-order valence-corrected chi connectivity index (χ4v) is 1.73. The van der Waals surface area contributed by atoms with Crippen molar-refractivity contribution < 1.29 is 4.79 Å². The molecule has 2 aliphatic rings. The lowest BCUT2D eigenvalue weighted by atomic mass is 10.1. The SMILES string of the molecule is CN1CCC/C1=C1/C=CC(=O)N=C1. The number of nitrogens with zero attached hydrogens (tertiary/aromatic N) is 2. The van der Waals surface area contributed by atoms with Crippen LogP contribution in [0.4, 0.5) is 0 Å². The summed E-state index contributed by atoms with van der Waals surface area (Å²) in [5.74, 6) is -0.162. The number of amides is 1. The van der Waals surface area contributed by atoms with Crippen LogP contribution in [0, 0.1) is 0 Å². The summed E-state index contributed by atoms with van der Waals surface area (Å²) >= 11 is 0. The number of aliphatic imine (C=N–C) groups is 1.